The van der Waals surface area contributed by atoms with E-state index in [0.717, 1.165) is 6.42 Å². The molecule has 1 unspecified atom stereocenters. The lowest BCUT2D eigenvalue weighted by atomic mass is 10.1. The molecule has 33 heavy (non-hydrogen) atoms. The standard InChI is InChI=1S/C21H31FN4O6S/c1-15(16-7-8-17(22)18(12-16)32-14-26-10-5-6-20(26)28)24-33(30,31)11-4-2-3-9-25-13-19(27)23-21(25)29/h7-8,12,15,19,24,27H,2-6,9-11,13-14H2,1H3,(H,23,29)/t15-,19?/m1/s1. The molecule has 2 aliphatic rings. The second-order valence-electron chi connectivity index (χ2n) is 8.35. The van der Waals surface area contributed by atoms with Gasteiger partial charge in [0.1, 0.15) is 6.23 Å². The summed E-state index contributed by atoms with van der Waals surface area (Å²) >= 11 is 0. The zero-order chi connectivity index (χ0) is 24.0. The topological polar surface area (TPSA) is 128 Å². The van der Waals surface area contributed by atoms with Crippen molar-refractivity contribution >= 4 is 22.0 Å². The normalized spacial score (nSPS) is 19.8. The van der Waals surface area contributed by atoms with Gasteiger partial charge in [-0.25, -0.2) is 22.3 Å². The first kappa shape index (κ1) is 25.2. The van der Waals surface area contributed by atoms with Gasteiger partial charge in [0.2, 0.25) is 15.9 Å². The van der Waals surface area contributed by atoms with Crippen LogP contribution in [-0.2, 0) is 14.8 Å². The van der Waals surface area contributed by atoms with Crippen molar-refractivity contribution in [1.29, 1.82) is 0 Å². The zero-order valence-electron chi connectivity index (χ0n) is 18.6. The summed E-state index contributed by atoms with van der Waals surface area (Å²) in [5, 5.41) is 11.8. The highest BCUT2D eigenvalue weighted by atomic mass is 32.2. The minimum absolute atomic E-state index is 0.0330. The molecule has 3 rings (SSSR count). The van der Waals surface area contributed by atoms with Crippen LogP contribution < -0.4 is 14.8 Å². The molecule has 0 radical (unpaired) electrons. The molecule has 2 aliphatic heterocycles. The number of benzene rings is 1. The molecule has 3 amide bonds. The van der Waals surface area contributed by atoms with E-state index < -0.39 is 28.1 Å². The molecule has 2 saturated heterocycles. The number of amides is 3. The largest absolute Gasteiger partial charge is 0.470 e. The van der Waals surface area contributed by atoms with E-state index >= 15 is 0 Å². The lowest BCUT2D eigenvalue weighted by Crippen LogP contribution is -2.30. The van der Waals surface area contributed by atoms with Gasteiger partial charge in [0, 0.05) is 25.6 Å². The Bertz CT molecular complexity index is 960. The van der Waals surface area contributed by atoms with Gasteiger partial charge < -0.3 is 25.0 Å². The molecule has 2 heterocycles. The first-order chi connectivity index (χ1) is 15.6. The smallest absolute Gasteiger partial charge is 0.319 e. The number of sulfonamides is 1. The van der Waals surface area contributed by atoms with Crippen molar-refractivity contribution in [3.8, 4) is 5.75 Å². The molecular formula is C21H31FN4O6S. The van der Waals surface area contributed by atoms with Crippen molar-refractivity contribution in [2.24, 2.45) is 0 Å². The summed E-state index contributed by atoms with van der Waals surface area (Å²) in [6, 6.07) is 3.23. The summed E-state index contributed by atoms with van der Waals surface area (Å²) in [6.07, 6.45) is 2.01. The average molecular weight is 487 g/mol. The molecule has 0 bridgehead atoms. The third kappa shape index (κ3) is 7.27. The first-order valence-electron chi connectivity index (χ1n) is 11.1. The van der Waals surface area contributed by atoms with Gasteiger partial charge in [-0.1, -0.05) is 12.5 Å². The van der Waals surface area contributed by atoms with E-state index in [0.29, 0.717) is 44.3 Å². The average Bonchev–Trinajstić information content (AvgIpc) is 3.30. The van der Waals surface area contributed by atoms with Gasteiger partial charge in [0.15, 0.2) is 18.3 Å². The summed E-state index contributed by atoms with van der Waals surface area (Å²) in [6.45, 7) is 2.87. The van der Waals surface area contributed by atoms with Gasteiger partial charge in [0.05, 0.1) is 12.3 Å². The monoisotopic (exact) mass is 486 g/mol. The SMILES string of the molecule is C[C@@H](NS(=O)(=O)CCCCCN1CC(O)NC1=O)c1ccc(F)c(OCN2CCCC2=O)c1. The number of carbonyl (C=O) groups excluding carboxylic acids is 2. The number of hydrogen-bond acceptors (Lipinski definition) is 6. The minimum Gasteiger partial charge on any atom is -0.470 e. The second kappa shape index (κ2) is 11.1. The number of carbonyl (C=O) groups is 2. The number of nitrogens with zero attached hydrogens (tertiary/aromatic N) is 2. The van der Waals surface area contributed by atoms with Crippen LogP contribution in [0.5, 0.6) is 5.75 Å². The number of halogens is 1. The predicted octanol–water partition coefficient (Wildman–Crippen LogP) is 1.28. The number of rotatable bonds is 12. The highest BCUT2D eigenvalue weighted by Crippen LogP contribution is 2.24. The fourth-order valence-corrected chi connectivity index (χ4v) is 5.20. The molecular weight excluding hydrogens is 455 g/mol. The molecule has 0 spiro atoms. The highest BCUT2D eigenvalue weighted by Gasteiger charge is 2.26. The van der Waals surface area contributed by atoms with Crippen molar-refractivity contribution in [1.82, 2.24) is 19.8 Å². The number of aliphatic hydroxyl groups excluding tert-OH is 1. The Morgan fingerprint density at radius 1 is 1.27 bits per heavy atom. The van der Waals surface area contributed by atoms with Crippen LogP contribution in [0.2, 0.25) is 0 Å². The number of urea groups is 1. The molecule has 1 aromatic carbocycles. The Kier molecular flexibility index (Phi) is 8.49. The third-order valence-electron chi connectivity index (χ3n) is 5.67. The van der Waals surface area contributed by atoms with Gasteiger partial charge in [-0.3, -0.25) is 4.79 Å². The summed E-state index contributed by atoms with van der Waals surface area (Å²) < 4.78 is 47.1. The Balaban J connectivity index is 1.44. The summed E-state index contributed by atoms with van der Waals surface area (Å²) in [7, 11) is -3.57. The molecule has 12 heteroatoms. The molecule has 0 saturated carbocycles. The van der Waals surface area contributed by atoms with Gasteiger partial charge >= 0.3 is 6.03 Å². The Labute approximate surface area is 193 Å². The van der Waals surface area contributed by atoms with Crippen LogP contribution in [0, 0.1) is 5.82 Å². The molecule has 0 aliphatic carbocycles. The number of hydrogen-bond donors (Lipinski definition) is 3. The summed E-state index contributed by atoms with van der Waals surface area (Å²) in [5.41, 5.74) is 0.543. The van der Waals surface area contributed by atoms with E-state index in [1.807, 2.05) is 0 Å². The Morgan fingerprint density at radius 3 is 2.73 bits per heavy atom. The summed E-state index contributed by atoms with van der Waals surface area (Å²) in [4.78, 5) is 26.2. The number of ether oxygens (including phenoxy) is 1. The lowest BCUT2D eigenvalue weighted by molar-refractivity contribution is -0.130. The van der Waals surface area contributed by atoms with Crippen molar-refractivity contribution in [2.75, 3.05) is 32.1 Å². The summed E-state index contributed by atoms with van der Waals surface area (Å²) in [5.74, 6) is -0.726. The quantitative estimate of drug-likeness (QED) is 0.382. The van der Waals surface area contributed by atoms with E-state index in [4.69, 9.17) is 4.74 Å². The number of nitrogens with one attached hydrogen (secondary N) is 2. The number of β-amino-alcohol motifs (C(OH)–C–C–N with tert-alkyl or cyclic N) is 1. The Morgan fingerprint density at radius 2 is 2.06 bits per heavy atom. The first-order valence-corrected chi connectivity index (χ1v) is 12.7. The van der Waals surface area contributed by atoms with Crippen molar-refractivity contribution in [3.63, 3.8) is 0 Å². The van der Waals surface area contributed by atoms with Crippen molar-refractivity contribution < 1.29 is 32.2 Å². The van der Waals surface area contributed by atoms with Crippen LogP contribution in [-0.4, -0.2) is 73.6 Å². The lowest BCUT2D eigenvalue weighted by Gasteiger charge is -2.19. The van der Waals surface area contributed by atoms with E-state index in [9.17, 15) is 27.5 Å². The maximum atomic E-state index is 14.1. The van der Waals surface area contributed by atoms with Crippen LogP contribution >= 0.6 is 0 Å². The maximum absolute atomic E-state index is 14.1. The molecule has 184 valence electrons. The molecule has 0 aromatic heterocycles. The molecule has 2 fully saturated rings. The molecule has 2 atom stereocenters. The van der Waals surface area contributed by atoms with Gasteiger partial charge in [-0.2, -0.15) is 0 Å². The van der Waals surface area contributed by atoms with Crippen molar-refractivity contribution in [2.45, 2.75) is 51.3 Å². The predicted molar refractivity (Wildman–Crippen MR) is 118 cm³/mol. The fourth-order valence-electron chi connectivity index (χ4n) is 3.82. The fraction of sp³-hybridized carbons (Fsp3) is 0.619. The van der Waals surface area contributed by atoms with Crippen LogP contribution in [0.25, 0.3) is 0 Å². The van der Waals surface area contributed by atoms with Crippen molar-refractivity contribution in [3.05, 3.63) is 29.6 Å². The number of unbranched alkanes of at least 4 members (excludes halogenated alkanes) is 2. The van der Waals surface area contributed by atoms with Crippen LogP contribution in [0.1, 0.15) is 50.6 Å². The molecule has 10 nitrogen and oxygen atoms in total. The Hall–Kier alpha value is -2.44. The van der Waals surface area contributed by atoms with Crippen LogP contribution in [0.15, 0.2) is 18.2 Å². The highest BCUT2D eigenvalue weighted by molar-refractivity contribution is 7.89. The molecule has 1 aromatic rings. The number of aliphatic hydroxyl groups is 1. The van der Waals surface area contributed by atoms with E-state index in [1.165, 1.54) is 28.0 Å². The van der Waals surface area contributed by atoms with Crippen LogP contribution in [0.3, 0.4) is 0 Å². The minimum atomic E-state index is -3.57. The third-order valence-corrected chi connectivity index (χ3v) is 7.21. The van der Waals surface area contributed by atoms with Crippen LogP contribution in [0.4, 0.5) is 9.18 Å². The second-order valence-corrected chi connectivity index (χ2v) is 10.2. The molecule has 3 N–H and O–H groups in total. The van der Waals surface area contributed by atoms with Gasteiger partial charge in [-0.05, 0) is 43.9 Å². The van der Waals surface area contributed by atoms with E-state index in [2.05, 4.69) is 10.0 Å². The maximum Gasteiger partial charge on any atom is 0.319 e. The van der Waals surface area contributed by atoms with E-state index in [1.54, 1.807) is 6.92 Å². The number of likely N-dealkylation sites (tertiary alicyclic amines) is 1. The zero-order valence-corrected chi connectivity index (χ0v) is 19.4. The van der Waals surface area contributed by atoms with Gasteiger partial charge in [0.25, 0.3) is 0 Å². The van der Waals surface area contributed by atoms with Gasteiger partial charge in [-0.15, -0.1) is 0 Å². The van der Waals surface area contributed by atoms with E-state index in [-0.39, 0.29) is 36.7 Å².